The average molecular weight is 334 g/mol. The predicted octanol–water partition coefficient (Wildman–Crippen LogP) is 2.69. The molecule has 0 atom stereocenters. The molecule has 1 heterocycles. The van der Waals surface area contributed by atoms with Crippen LogP contribution in [0.4, 0.5) is 11.6 Å². The van der Waals surface area contributed by atoms with Crippen LogP contribution in [0.5, 0.6) is 0 Å². The van der Waals surface area contributed by atoms with Gasteiger partial charge in [-0.3, -0.25) is 4.72 Å². The molecule has 7 heteroatoms. The van der Waals surface area contributed by atoms with Gasteiger partial charge in [-0.05, 0) is 50.1 Å². The highest BCUT2D eigenvalue weighted by Gasteiger charge is 2.15. The number of nitrogens with one attached hydrogen (secondary N) is 1. The Bertz CT molecular complexity index is 724. The van der Waals surface area contributed by atoms with Gasteiger partial charge in [-0.25, -0.2) is 8.42 Å². The van der Waals surface area contributed by atoms with E-state index in [2.05, 4.69) is 14.9 Å². The van der Waals surface area contributed by atoms with Gasteiger partial charge in [0.1, 0.15) is 0 Å². The lowest BCUT2D eigenvalue weighted by atomic mass is 10.2. The lowest BCUT2D eigenvalue weighted by Crippen LogP contribution is -2.23. The number of hydrogen-bond acceptors (Lipinski definition) is 5. The summed E-state index contributed by atoms with van der Waals surface area (Å²) < 4.78 is 27.1. The van der Waals surface area contributed by atoms with Crippen molar-refractivity contribution >= 4 is 21.7 Å². The summed E-state index contributed by atoms with van der Waals surface area (Å²) in [6.45, 7) is 7.72. The van der Waals surface area contributed by atoms with Crippen LogP contribution in [0.1, 0.15) is 26.3 Å². The third kappa shape index (κ3) is 4.19. The molecule has 0 fully saturated rings. The second kappa shape index (κ2) is 7.41. The fourth-order valence-electron chi connectivity index (χ4n) is 2.20. The van der Waals surface area contributed by atoms with Gasteiger partial charge in [0.2, 0.25) is 0 Å². The van der Waals surface area contributed by atoms with E-state index in [1.165, 1.54) is 0 Å². The summed E-state index contributed by atoms with van der Waals surface area (Å²) >= 11 is 0. The number of benzene rings is 1. The molecule has 0 radical (unpaired) electrons. The van der Waals surface area contributed by atoms with Crippen LogP contribution in [0.2, 0.25) is 0 Å². The zero-order chi connectivity index (χ0) is 16.9. The number of aromatic nitrogens is 2. The zero-order valence-corrected chi connectivity index (χ0v) is 14.5. The minimum atomic E-state index is -3.65. The summed E-state index contributed by atoms with van der Waals surface area (Å²) in [7, 11) is -3.65. The molecule has 2 rings (SSSR count). The van der Waals surface area contributed by atoms with Gasteiger partial charge in [0.25, 0.3) is 10.0 Å². The summed E-state index contributed by atoms with van der Waals surface area (Å²) in [5, 5.41) is 8.03. The number of rotatable bonds is 7. The monoisotopic (exact) mass is 334 g/mol. The van der Waals surface area contributed by atoms with Crippen molar-refractivity contribution in [3.8, 4) is 0 Å². The van der Waals surface area contributed by atoms with E-state index in [4.69, 9.17) is 0 Å². The highest BCUT2D eigenvalue weighted by Crippen LogP contribution is 2.17. The fraction of sp³-hybridized carbons (Fsp3) is 0.375. The Morgan fingerprint density at radius 3 is 2.09 bits per heavy atom. The van der Waals surface area contributed by atoms with Crippen molar-refractivity contribution in [2.75, 3.05) is 22.7 Å². The van der Waals surface area contributed by atoms with E-state index in [1.54, 1.807) is 24.3 Å². The van der Waals surface area contributed by atoms with Gasteiger partial charge in [-0.2, -0.15) is 0 Å². The van der Waals surface area contributed by atoms with Crippen molar-refractivity contribution in [2.45, 2.75) is 32.1 Å². The first-order valence-corrected chi connectivity index (χ1v) is 9.18. The predicted molar refractivity (Wildman–Crippen MR) is 92.2 cm³/mol. The maximum atomic E-state index is 12.3. The van der Waals surface area contributed by atoms with Crippen molar-refractivity contribution in [3.63, 3.8) is 0 Å². The molecule has 0 aliphatic rings. The molecule has 2 aromatic rings. The first kappa shape index (κ1) is 17.2. The minimum absolute atomic E-state index is 0.209. The highest BCUT2D eigenvalue weighted by atomic mass is 32.2. The normalized spacial score (nSPS) is 11.3. The molecule has 0 amide bonds. The number of nitrogens with zero attached hydrogens (tertiary/aromatic N) is 3. The quantitative estimate of drug-likeness (QED) is 0.842. The Morgan fingerprint density at radius 1 is 0.957 bits per heavy atom. The SMILES string of the molecule is CCc1ccc(S(=O)(=O)Nc2ccc(N(CC)CC)nn2)cc1. The van der Waals surface area contributed by atoms with Crippen molar-refractivity contribution in [2.24, 2.45) is 0 Å². The van der Waals surface area contributed by atoms with Gasteiger partial charge in [0.15, 0.2) is 11.6 Å². The number of hydrogen-bond donors (Lipinski definition) is 1. The minimum Gasteiger partial charge on any atom is -0.356 e. The Hall–Kier alpha value is -2.15. The number of aryl methyl sites for hydroxylation is 1. The van der Waals surface area contributed by atoms with Crippen LogP contribution in [-0.2, 0) is 16.4 Å². The molecule has 124 valence electrons. The zero-order valence-electron chi connectivity index (χ0n) is 13.7. The average Bonchev–Trinajstić information content (AvgIpc) is 2.57. The summed E-state index contributed by atoms with van der Waals surface area (Å²) in [6, 6.07) is 10.2. The van der Waals surface area contributed by atoms with E-state index < -0.39 is 10.0 Å². The van der Waals surface area contributed by atoms with E-state index >= 15 is 0 Å². The van der Waals surface area contributed by atoms with Crippen LogP contribution in [0.25, 0.3) is 0 Å². The Morgan fingerprint density at radius 2 is 1.61 bits per heavy atom. The summed E-state index contributed by atoms with van der Waals surface area (Å²) in [4.78, 5) is 2.25. The van der Waals surface area contributed by atoms with E-state index in [-0.39, 0.29) is 10.7 Å². The van der Waals surface area contributed by atoms with Crippen LogP contribution in [0, 0.1) is 0 Å². The molecule has 23 heavy (non-hydrogen) atoms. The smallest absolute Gasteiger partial charge is 0.263 e. The maximum absolute atomic E-state index is 12.3. The van der Waals surface area contributed by atoms with Crippen LogP contribution < -0.4 is 9.62 Å². The lowest BCUT2D eigenvalue weighted by molar-refractivity contribution is 0.601. The molecule has 6 nitrogen and oxygen atoms in total. The topological polar surface area (TPSA) is 75.2 Å². The van der Waals surface area contributed by atoms with E-state index in [1.807, 2.05) is 37.8 Å². The van der Waals surface area contributed by atoms with Crippen molar-refractivity contribution in [1.29, 1.82) is 0 Å². The molecule has 1 aromatic carbocycles. The Balaban J connectivity index is 2.16. The van der Waals surface area contributed by atoms with Crippen LogP contribution in [-0.4, -0.2) is 31.7 Å². The van der Waals surface area contributed by atoms with E-state index in [0.29, 0.717) is 0 Å². The van der Waals surface area contributed by atoms with Crippen molar-refractivity contribution < 1.29 is 8.42 Å². The van der Waals surface area contributed by atoms with Crippen LogP contribution in [0.15, 0.2) is 41.3 Å². The molecule has 0 bridgehead atoms. The standard InChI is InChI=1S/C16H22N4O2S/c1-4-13-7-9-14(10-8-13)23(21,22)19-15-11-12-16(18-17-15)20(5-2)6-3/h7-12H,4-6H2,1-3H3,(H,17,19). The lowest BCUT2D eigenvalue weighted by Gasteiger charge is -2.18. The Labute approximate surface area is 137 Å². The van der Waals surface area contributed by atoms with Gasteiger partial charge >= 0.3 is 0 Å². The van der Waals surface area contributed by atoms with E-state index in [0.717, 1.165) is 30.9 Å². The second-order valence-electron chi connectivity index (χ2n) is 5.05. The second-order valence-corrected chi connectivity index (χ2v) is 6.73. The van der Waals surface area contributed by atoms with Crippen molar-refractivity contribution in [3.05, 3.63) is 42.0 Å². The summed E-state index contributed by atoms with van der Waals surface area (Å²) in [5.41, 5.74) is 1.09. The molecule has 0 saturated carbocycles. The van der Waals surface area contributed by atoms with Gasteiger partial charge < -0.3 is 4.90 Å². The molecule has 0 saturated heterocycles. The molecule has 0 spiro atoms. The highest BCUT2D eigenvalue weighted by molar-refractivity contribution is 7.92. The van der Waals surface area contributed by atoms with E-state index in [9.17, 15) is 8.42 Å². The Kier molecular flexibility index (Phi) is 5.54. The summed E-state index contributed by atoms with van der Waals surface area (Å²) in [5.74, 6) is 0.936. The maximum Gasteiger partial charge on any atom is 0.263 e. The first-order chi connectivity index (χ1) is 11.0. The molecule has 1 aromatic heterocycles. The van der Waals surface area contributed by atoms with Crippen molar-refractivity contribution in [1.82, 2.24) is 10.2 Å². The number of sulfonamides is 1. The fourth-order valence-corrected chi connectivity index (χ4v) is 3.19. The van der Waals surface area contributed by atoms with Gasteiger partial charge in [-0.15, -0.1) is 10.2 Å². The summed E-state index contributed by atoms with van der Waals surface area (Å²) in [6.07, 6.45) is 0.867. The van der Waals surface area contributed by atoms with Gasteiger partial charge in [0.05, 0.1) is 4.90 Å². The largest absolute Gasteiger partial charge is 0.356 e. The molecule has 0 unspecified atom stereocenters. The van der Waals surface area contributed by atoms with Crippen LogP contribution >= 0.6 is 0 Å². The first-order valence-electron chi connectivity index (χ1n) is 7.70. The number of anilines is 2. The van der Waals surface area contributed by atoms with Crippen LogP contribution in [0.3, 0.4) is 0 Å². The van der Waals surface area contributed by atoms with Gasteiger partial charge in [0, 0.05) is 13.1 Å². The molecular weight excluding hydrogens is 312 g/mol. The molecule has 0 aliphatic heterocycles. The molecule has 0 aliphatic carbocycles. The molecule has 1 N–H and O–H groups in total. The van der Waals surface area contributed by atoms with Gasteiger partial charge in [-0.1, -0.05) is 19.1 Å². The molecular formula is C16H22N4O2S. The third-order valence-corrected chi connectivity index (χ3v) is 4.99. The third-order valence-electron chi connectivity index (χ3n) is 3.62.